The molecular weight excluding hydrogens is 230 g/mol. The highest BCUT2D eigenvalue weighted by molar-refractivity contribution is 5.21. The van der Waals surface area contributed by atoms with Crippen LogP contribution >= 0.6 is 0 Å². The summed E-state index contributed by atoms with van der Waals surface area (Å²) in [4.78, 5) is 2.08. The number of rotatable bonds is 8. The van der Waals surface area contributed by atoms with Gasteiger partial charge in [0.15, 0.2) is 0 Å². The highest BCUT2D eigenvalue weighted by Crippen LogP contribution is 2.07. The molecule has 102 valence electrons. The fourth-order valence-electron chi connectivity index (χ4n) is 1.76. The predicted molar refractivity (Wildman–Crippen MR) is 71.4 cm³/mol. The molecule has 1 atom stereocenters. The van der Waals surface area contributed by atoms with Crippen LogP contribution in [0.5, 0.6) is 0 Å². The molecule has 0 fully saturated rings. The SMILES string of the molecule is COCCN(Cc1ccc(C)cc1)CC(O)CO. The number of methoxy groups -OCH3 is 1. The lowest BCUT2D eigenvalue weighted by atomic mass is 10.1. The standard InChI is InChI=1S/C14H23NO3/c1-12-3-5-13(6-4-12)9-15(7-8-18-2)10-14(17)11-16/h3-6,14,16-17H,7-11H2,1-2H3. The fraction of sp³-hybridized carbons (Fsp3) is 0.571. The van der Waals surface area contributed by atoms with Gasteiger partial charge in [0.1, 0.15) is 0 Å². The van der Waals surface area contributed by atoms with Gasteiger partial charge in [-0.2, -0.15) is 0 Å². The summed E-state index contributed by atoms with van der Waals surface area (Å²) in [5.41, 5.74) is 2.43. The maximum atomic E-state index is 9.52. The van der Waals surface area contributed by atoms with Crippen molar-refractivity contribution in [2.45, 2.75) is 19.6 Å². The Labute approximate surface area is 109 Å². The molecular formula is C14H23NO3. The maximum Gasteiger partial charge on any atom is 0.0897 e. The van der Waals surface area contributed by atoms with Crippen LogP contribution in [-0.4, -0.2) is 54.6 Å². The van der Waals surface area contributed by atoms with Crippen molar-refractivity contribution in [3.05, 3.63) is 35.4 Å². The normalized spacial score (nSPS) is 12.9. The first-order chi connectivity index (χ1) is 8.65. The molecule has 2 N–H and O–H groups in total. The summed E-state index contributed by atoms with van der Waals surface area (Å²) in [5.74, 6) is 0. The smallest absolute Gasteiger partial charge is 0.0897 e. The Morgan fingerprint density at radius 1 is 1.28 bits per heavy atom. The highest BCUT2D eigenvalue weighted by atomic mass is 16.5. The average Bonchev–Trinajstić information content (AvgIpc) is 2.38. The van der Waals surface area contributed by atoms with Crippen molar-refractivity contribution < 1.29 is 14.9 Å². The van der Waals surface area contributed by atoms with E-state index in [2.05, 4.69) is 36.1 Å². The number of benzene rings is 1. The zero-order valence-electron chi connectivity index (χ0n) is 11.2. The third-order valence-corrected chi connectivity index (χ3v) is 2.82. The number of aliphatic hydroxyl groups excluding tert-OH is 2. The van der Waals surface area contributed by atoms with E-state index >= 15 is 0 Å². The van der Waals surface area contributed by atoms with E-state index < -0.39 is 6.10 Å². The Morgan fingerprint density at radius 3 is 2.50 bits per heavy atom. The molecule has 4 heteroatoms. The van der Waals surface area contributed by atoms with Gasteiger partial charge in [-0.1, -0.05) is 29.8 Å². The van der Waals surface area contributed by atoms with E-state index in [4.69, 9.17) is 9.84 Å². The molecule has 0 aliphatic heterocycles. The fourth-order valence-corrected chi connectivity index (χ4v) is 1.76. The van der Waals surface area contributed by atoms with Crippen LogP contribution in [0.15, 0.2) is 24.3 Å². The lowest BCUT2D eigenvalue weighted by Gasteiger charge is -2.24. The molecule has 0 heterocycles. The van der Waals surface area contributed by atoms with Crippen LogP contribution in [0.1, 0.15) is 11.1 Å². The van der Waals surface area contributed by atoms with Crippen molar-refractivity contribution in [2.24, 2.45) is 0 Å². The molecule has 0 saturated carbocycles. The van der Waals surface area contributed by atoms with Gasteiger partial charge in [0.25, 0.3) is 0 Å². The molecule has 0 aliphatic rings. The van der Waals surface area contributed by atoms with Crippen molar-refractivity contribution in [1.82, 2.24) is 4.90 Å². The third-order valence-electron chi connectivity index (χ3n) is 2.82. The van der Waals surface area contributed by atoms with Gasteiger partial charge in [0.2, 0.25) is 0 Å². The summed E-state index contributed by atoms with van der Waals surface area (Å²) in [7, 11) is 1.66. The molecule has 1 aromatic carbocycles. The first-order valence-corrected chi connectivity index (χ1v) is 6.21. The van der Waals surface area contributed by atoms with E-state index in [0.29, 0.717) is 13.2 Å². The monoisotopic (exact) mass is 253 g/mol. The molecule has 0 radical (unpaired) electrons. The van der Waals surface area contributed by atoms with E-state index in [1.165, 1.54) is 11.1 Å². The summed E-state index contributed by atoms with van der Waals surface area (Å²) in [6, 6.07) is 8.32. The van der Waals surface area contributed by atoms with Gasteiger partial charge in [0.05, 0.1) is 19.3 Å². The zero-order chi connectivity index (χ0) is 13.4. The van der Waals surface area contributed by atoms with Gasteiger partial charge < -0.3 is 14.9 Å². The first-order valence-electron chi connectivity index (χ1n) is 6.21. The zero-order valence-corrected chi connectivity index (χ0v) is 11.2. The van der Waals surface area contributed by atoms with Crippen LogP contribution in [0.4, 0.5) is 0 Å². The number of nitrogens with zero attached hydrogens (tertiary/aromatic N) is 1. The molecule has 0 spiro atoms. The summed E-state index contributed by atoms with van der Waals surface area (Å²) >= 11 is 0. The number of hydrogen-bond acceptors (Lipinski definition) is 4. The molecule has 0 amide bonds. The Bertz CT molecular complexity index is 326. The predicted octanol–water partition coefficient (Wildman–Crippen LogP) is 0.797. The van der Waals surface area contributed by atoms with E-state index in [1.54, 1.807) is 7.11 Å². The topological polar surface area (TPSA) is 52.9 Å². The molecule has 4 nitrogen and oxygen atoms in total. The number of hydrogen-bond donors (Lipinski definition) is 2. The van der Waals surface area contributed by atoms with Gasteiger partial charge in [-0.25, -0.2) is 0 Å². The van der Waals surface area contributed by atoms with Gasteiger partial charge in [0, 0.05) is 26.7 Å². The van der Waals surface area contributed by atoms with Crippen LogP contribution in [0.25, 0.3) is 0 Å². The van der Waals surface area contributed by atoms with Crippen molar-refractivity contribution in [3.63, 3.8) is 0 Å². The van der Waals surface area contributed by atoms with Crippen molar-refractivity contribution in [3.8, 4) is 0 Å². The average molecular weight is 253 g/mol. The van der Waals surface area contributed by atoms with Crippen molar-refractivity contribution in [2.75, 3.05) is 33.4 Å². The minimum Gasteiger partial charge on any atom is -0.394 e. The molecule has 0 aromatic heterocycles. The molecule has 0 aliphatic carbocycles. The number of aliphatic hydroxyl groups is 2. The van der Waals surface area contributed by atoms with Crippen LogP contribution in [-0.2, 0) is 11.3 Å². The van der Waals surface area contributed by atoms with Crippen LogP contribution in [0.3, 0.4) is 0 Å². The van der Waals surface area contributed by atoms with Crippen molar-refractivity contribution >= 4 is 0 Å². The molecule has 1 rings (SSSR count). The van der Waals surface area contributed by atoms with Crippen molar-refractivity contribution in [1.29, 1.82) is 0 Å². The summed E-state index contributed by atoms with van der Waals surface area (Å²) in [6.45, 7) is 4.40. The molecule has 18 heavy (non-hydrogen) atoms. The molecule has 0 bridgehead atoms. The Balaban J connectivity index is 2.56. The Hall–Kier alpha value is -0.940. The van der Waals surface area contributed by atoms with E-state index in [0.717, 1.165) is 13.1 Å². The second-order valence-electron chi connectivity index (χ2n) is 4.55. The minimum absolute atomic E-state index is 0.211. The Kier molecular flexibility index (Phi) is 6.90. The second-order valence-corrected chi connectivity index (χ2v) is 4.55. The number of ether oxygens (including phenoxy) is 1. The highest BCUT2D eigenvalue weighted by Gasteiger charge is 2.11. The van der Waals surface area contributed by atoms with Gasteiger partial charge in [-0.05, 0) is 12.5 Å². The summed E-state index contributed by atoms with van der Waals surface area (Å²) in [5, 5.41) is 18.4. The molecule has 0 saturated heterocycles. The summed E-state index contributed by atoms with van der Waals surface area (Å²) < 4.78 is 5.06. The van der Waals surface area contributed by atoms with E-state index in [-0.39, 0.29) is 6.61 Å². The summed E-state index contributed by atoms with van der Waals surface area (Å²) in [6.07, 6.45) is -0.702. The van der Waals surface area contributed by atoms with Gasteiger partial charge in [-0.15, -0.1) is 0 Å². The van der Waals surface area contributed by atoms with Gasteiger partial charge in [-0.3, -0.25) is 4.90 Å². The largest absolute Gasteiger partial charge is 0.394 e. The van der Waals surface area contributed by atoms with Crippen LogP contribution in [0, 0.1) is 6.92 Å². The number of aryl methyl sites for hydroxylation is 1. The van der Waals surface area contributed by atoms with Crippen LogP contribution in [0.2, 0.25) is 0 Å². The maximum absolute atomic E-state index is 9.52. The van der Waals surface area contributed by atoms with E-state index in [1.807, 2.05) is 0 Å². The molecule has 1 aromatic rings. The Morgan fingerprint density at radius 2 is 1.94 bits per heavy atom. The second kappa shape index (κ2) is 8.21. The van der Waals surface area contributed by atoms with Crippen LogP contribution < -0.4 is 0 Å². The quantitative estimate of drug-likeness (QED) is 0.719. The third kappa shape index (κ3) is 5.60. The van der Waals surface area contributed by atoms with Gasteiger partial charge >= 0.3 is 0 Å². The lowest BCUT2D eigenvalue weighted by Crippen LogP contribution is -2.36. The first kappa shape index (κ1) is 15.1. The van der Waals surface area contributed by atoms with E-state index in [9.17, 15) is 5.11 Å². The molecule has 1 unspecified atom stereocenters. The lowest BCUT2D eigenvalue weighted by molar-refractivity contribution is 0.0469. The minimum atomic E-state index is -0.702.